The van der Waals surface area contributed by atoms with Gasteiger partial charge >= 0.3 is 6.01 Å². The highest BCUT2D eigenvalue weighted by Crippen LogP contribution is 2.65. The maximum absolute atomic E-state index is 15.3. The van der Waals surface area contributed by atoms with Gasteiger partial charge in [0, 0.05) is 48.4 Å². The van der Waals surface area contributed by atoms with Crippen LogP contribution < -0.4 is 9.64 Å². The number of aryl methyl sites for hydroxylation is 2. The number of rotatable bonds is 5. The van der Waals surface area contributed by atoms with E-state index in [-0.39, 0.29) is 11.2 Å². The molecule has 296 valence electrons. The summed E-state index contributed by atoms with van der Waals surface area (Å²) in [7, 11) is 1.63. The van der Waals surface area contributed by atoms with Crippen molar-refractivity contribution < 1.29 is 18.3 Å². The zero-order valence-corrected chi connectivity index (χ0v) is 34.4. The first kappa shape index (κ1) is 40.7. The highest BCUT2D eigenvalue weighted by atomic mass is 19.1. The fourth-order valence-electron chi connectivity index (χ4n) is 9.17. The van der Waals surface area contributed by atoms with Gasteiger partial charge in [-0.2, -0.15) is 9.97 Å². The minimum Gasteiger partial charge on any atom is -0.467 e. The summed E-state index contributed by atoms with van der Waals surface area (Å²) in [6.07, 6.45) is 10.4. The standard InChI is InChI=1S/C34H35FN4O2.C7H12FN.C3H8.C2H6/c1-6-22-20(4)16-21-8-9-25(35)23(7-2)26(21)27(22)30-29-24(10-13-36-30)28-31(34(29)11-12-34)37-33(40-5)38-32(28)39-14-15-41-18-19(3)17-39;8-6-4-7-2-1-3-9(7)5-6;1-3-2;1-2/h6,8-10,13,16,19H,1,7,11-12,14-15,17-18H2,2-5H3;6-7H,1-5H2;3H2,1-2H3;1-2H3. The molecular weight excluding hydrogens is 693 g/mol. The molecule has 4 fully saturated rings. The Labute approximate surface area is 327 Å². The van der Waals surface area contributed by atoms with Crippen LogP contribution in [0.5, 0.6) is 6.01 Å². The first-order chi connectivity index (χ1) is 26.7. The molecule has 4 aromatic rings. The van der Waals surface area contributed by atoms with Gasteiger partial charge in [0.05, 0.1) is 31.7 Å². The quantitative estimate of drug-likeness (QED) is 0.201. The van der Waals surface area contributed by atoms with Crippen molar-refractivity contribution in [2.75, 3.05) is 51.4 Å². The minimum absolute atomic E-state index is 0.187. The van der Waals surface area contributed by atoms with Crippen molar-refractivity contribution >= 4 is 22.7 Å². The second-order valence-corrected chi connectivity index (χ2v) is 15.5. The molecular formula is C46H61F2N5O2. The molecule has 55 heavy (non-hydrogen) atoms. The zero-order chi connectivity index (χ0) is 39.4. The number of hydrogen-bond acceptors (Lipinski definition) is 7. The molecule has 5 aliphatic rings. The SMILES string of the molecule is C=Cc1c(C)cc2ccc(F)c(CC)c2c1-c1nccc2c1C1(CC1)c1nc(OC)nc(N3CCOCC(C)C3)c1-2.CC.CCC.FC1CC2CCCN2C1. The maximum Gasteiger partial charge on any atom is 0.318 e. The van der Waals surface area contributed by atoms with Gasteiger partial charge in [0.15, 0.2) is 0 Å². The fraction of sp³-hybridized carbons (Fsp3) is 0.543. The van der Waals surface area contributed by atoms with Crippen molar-refractivity contribution in [3.8, 4) is 28.4 Å². The molecule has 0 radical (unpaired) electrons. The predicted octanol–water partition coefficient (Wildman–Crippen LogP) is 10.5. The molecule has 1 saturated carbocycles. The Bertz CT molecular complexity index is 1980. The van der Waals surface area contributed by atoms with Gasteiger partial charge in [-0.1, -0.05) is 72.8 Å². The highest BCUT2D eigenvalue weighted by Gasteiger charge is 2.57. The molecule has 3 unspecified atom stereocenters. The Morgan fingerprint density at radius 1 is 1.07 bits per heavy atom. The molecule has 3 saturated heterocycles. The van der Waals surface area contributed by atoms with Gasteiger partial charge in [0.25, 0.3) is 0 Å². The Morgan fingerprint density at radius 3 is 2.51 bits per heavy atom. The number of nitrogens with zero attached hydrogens (tertiary/aromatic N) is 5. The first-order valence-electron chi connectivity index (χ1n) is 20.7. The monoisotopic (exact) mass is 753 g/mol. The third kappa shape index (κ3) is 7.63. The molecule has 0 amide bonds. The maximum atomic E-state index is 15.3. The van der Waals surface area contributed by atoms with E-state index in [1.54, 1.807) is 13.2 Å². The summed E-state index contributed by atoms with van der Waals surface area (Å²) in [5.41, 5.74) is 8.72. The minimum atomic E-state index is -0.518. The third-order valence-corrected chi connectivity index (χ3v) is 11.6. The van der Waals surface area contributed by atoms with E-state index in [1.165, 1.54) is 24.8 Å². The van der Waals surface area contributed by atoms with Crippen LogP contribution in [0.2, 0.25) is 0 Å². The van der Waals surface area contributed by atoms with Crippen LogP contribution in [0, 0.1) is 18.7 Å². The third-order valence-electron chi connectivity index (χ3n) is 11.6. The topological polar surface area (TPSA) is 63.6 Å². The molecule has 2 aromatic heterocycles. The summed E-state index contributed by atoms with van der Waals surface area (Å²) in [4.78, 5) is 19.6. The van der Waals surface area contributed by atoms with Gasteiger partial charge in [0.1, 0.15) is 17.8 Å². The van der Waals surface area contributed by atoms with E-state index in [4.69, 9.17) is 24.4 Å². The molecule has 0 N–H and O–H groups in total. The van der Waals surface area contributed by atoms with Crippen LogP contribution in [-0.2, 0) is 16.6 Å². The highest BCUT2D eigenvalue weighted by molar-refractivity contribution is 6.05. The van der Waals surface area contributed by atoms with Gasteiger partial charge in [-0.15, -0.1) is 0 Å². The second-order valence-electron chi connectivity index (χ2n) is 15.5. The number of pyridine rings is 1. The van der Waals surface area contributed by atoms with Crippen molar-refractivity contribution in [2.24, 2.45) is 5.92 Å². The van der Waals surface area contributed by atoms with E-state index < -0.39 is 6.17 Å². The van der Waals surface area contributed by atoms with Gasteiger partial charge in [-0.05, 0) is 109 Å². The molecule has 3 atom stereocenters. The Hall–Kier alpha value is -3.95. The summed E-state index contributed by atoms with van der Waals surface area (Å²) in [5.74, 6) is 1.08. The summed E-state index contributed by atoms with van der Waals surface area (Å²) >= 11 is 0. The van der Waals surface area contributed by atoms with E-state index in [2.05, 4.69) is 56.2 Å². The van der Waals surface area contributed by atoms with Crippen LogP contribution in [0.15, 0.2) is 37.0 Å². The lowest BCUT2D eigenvalue weighted by Gasteiger charge is -2.25. The number of fused-ring (bicyclic) bond motifs is 7. The number of aromatic nitrogens is 3. The molecule has 2 aromatic carbocycles. The average molecular weight is 754 g/mol. The van der Waals surface area contributed by atoms with E-state index >= 15 is 4.39 Å². The first-order valence-corrected chi connectivity index (χ1v) is 20.7. The van der Waals surface area contributed by atoms with Crippen LogP contribution >= 0.6 is 0 Å². The molecule has 7 nitrogen and oxygen atoms in total. The molecule has 5 heterocycles. The van der Waals surface area contributed by atoms with Gasteiger partial charge < -0.3 is 14.4 Å². The Kier molecular flexibility index (Phi) is 12.9. The predicted molar refractivity (Wildman–Crippen MR) is 223 cm³/mol. The van der Waals surface area contributed by atoms with E-state index in [1.807, 2.05) is 39.1 Å². The van der Waals surface area contributed by atoms with E-state index in [0.29, 0.717) is 43.1 Å². The number of anilines is 1. The van der Waals surface area contributed by atoms with Crippen molar-refractivity contribution in [3.05, 3.63) is 70.8 Å². The van der Waals surface area contributed by atoms with Crippen molar-refractivity contribution in [2.45, 2.75) is 111 Å². The Balaban J connectivity index is 0.000000311. The van der Waals surface area contributed by atoms with E-state index in [0.717, 1.165) is 101 Å². The number of alkyl halides is 1. The van der Waals surface area contributed by atoms with Crippen molar-refractivity contribution in [3.63, 3.8) is 0 Å². The molecule has 1 spiro atoms. The lowest BCUT2D eigenvalue weighted by molar-refractivity contribution is 0.129. The van der Waals surface area contributed by atoms with Crippen LogP contribution in [-0.4, -0.2) is 78.6 Å². The van der Waals surface area contributed by atoms with Crippen molar-refractivity contribution in [1.29, 1.82) is 0 Å². The van der Waals surface area contributed by atoms with Crippen LogP contribution in [0.25, 0.3) is 39.2 Å². The summed E-state index contributed by atoms with van der Waals surface area (Å²) in [6, 6.07) is 8.70. The summed E-state index contributed by atoms with van der Waals surface area (Å²) < 4.78 is 39.5. The number of methoxy groups -OCH3 is 1. The summed E-state index contributed by atoms with van der Waals surface area (Å²) in [5, 5.41) is 1.94. The molecule has 3 aliphatic heterocycles. The lowest BCUT2D eigenvalue weighted by atomic mass is 9.84. The Morgan fingerprint density at radius 2 is 1.84 bits per heavy atom. The zero-order valence-electron chi connectivity index (χ0n) is 34.4. The van der Waals surface area contributed by atoms with Crippen LogP contribution in [0.3, 0.4) is 0 Å². The summed E-state index contributed by atoms with van der Waals surface area (Å²) in [6.45, 7) is 23.6. The number of benzene rings is 2. The van der Waals surface area contributed by atoms with Crippen LogP contribution in [0.1, 0.15) is 108 Å². The number of hydrogen-bond donors (Lipinski definition) is 0. The van der Waals surface area contributed by atoms with Gasteiger partial charge in [-0.25, -0.2) is 8.78 Å². The molecule has 2 aliphatic carbocycles. The fourth-order valence-corrected chi connectivity index (χ4v) is 9.17. The van der Waals surface area contributed by atoms with Gasteiger partial charge in [0.2, 0.25) is 0 Å². The smallest absolute Gasteiger partial charge is 0.318 e. The van der Waals surface area contributed by atoms with Crippen molar-refractivity contribution in [1.82, 2.24) is 19.9 Å². The molecule has 9 heteroatoms. The normalized spacial score (nSPS) is 21.6. The second kappa shape index (κ2) is 17.5. The van der Waals surface area contributed by atoms with Gasteiger partial charge in [-0.3, -0.25) is 9.88 Å². The molecule has 0 bridgehead atoms. The lowest BCUT2D eigenvalue weighted by Crippen LogP contribution is -2.30. The largest absolute Gasteiger partial charge is 0.467 e. The van der Waals surface area contributed by atoms with E-state index in [9.17, 15) is 4.39 Å². The van der Waals surface area contributed by atoms with Crippen LogP contribution in [0.4, 0.5) is 14.6 Å². The average Bonchev–Trinajstić information content (AvgIpc) is 3.73. The number of halogens is 2. The number of ether oxygens (including phenoxy) is 2. The molecule has 9 rings (SSSR count).